The van der Waals surface area contributed by atoms with Gasteiger partial charge in [0.1, 0.15) is 6.17 Å². The van der Waals surface area contributed by atoms with Gasteiger partial charge in [-0.1, -0.05) is 41.4 Å². The second-order valence-corrected chi connectivity index (χ2v) is 3.29. The van der Waals surface area contributed by atoms with Crippen molar-refractivity contribution in [2.24, 2.45) is 0 Å². The van der Waals surface area contributed by atoms with Crippen molar-refractivity contribution >= 4 is 11.1 Å². The van der Waals surface area contributed by atoms with Crippen molar-refractivity contribution in [3.05, 3.63) is 35.9 Å². The van der Waals surface area contributed by atoms with Gasteiger partial charge >= 0.3 is 0 Å². The minimum absolute atomic E-state index is 0.404. The molecule has 0 heterocycles. The van der Waals surface area contributed by atoms with E-state index in [4.69, 9.17) is 0 Å². The minimum Gasteiger partial charge on any atom is -0.772 e. The summed E-state index contributed by atoms with van der Waals surface area (Å²) in [4.78, 5) is 0. The van der Waals surface area contributed by atoms with Gasteiger partial charge in [-0.15, -0.1) is 0 Å². The molecular weight excluding hydrogens is 179 g/mol. The highest BCUT2D eigenvalue weighted by atomic mass is 32.2. The Morgan fingerprint density at radius 3 is 2.50 bits per heavy atom. The van der Waals surface area contributed by atoms with Crippen molar-refractivity contribution in [2.45, 2.75) is 6.17 Å². The van der Waals surface area contributed by atoms with E-state index in [0.29, 0.717) is 5.56 Å². The third kappa shape index (κ3) is 2.71. The fraction of sp³-hybridized carbons (Fsp3) is 0.250. The molecule has 0 saturated carbocycles. The lowest BCUT2D eigenvalue weighted by Crippen LogP contribution is -2.03. The Labute approximate surface area is 72.7 Å². The largest absolute Gasteiger partial charge is 0.772 e. The highest BCUT2D eigenvalue weighted by Gasteiger charge is 2.07. The molecule has 0 fully saturated rings. The number of benzene rings is 1. The Balaban J connectivity index is 2.65. The monoisotopic (exact) mass is 187 g/mol. The summed E-state index contributed by atoms with van der Waals surface area (Å²) in [6, 6.07) is 8.24. The Hall–Kier alpha value is -0.740. The van der Waals surface area contributed by atoms with Crippen LogP contribution in [0.15, 0.2) is 30.3 Å². The van der Waals surface area contributed by atoms with Crippen LogP contribution in [-0.4, -0.2) is 14.5 Å². The topological polar surface area (TPSA) is 40.1 Å². The average molecular weight is 187 g/mol. The standard InChI is InChI=1S/C8H9FO2S/c9-8(6-12(10)11)7-4-2-1-3-5-7/h1-5,8H,6H2,(H,10,11)/p-1. The first-order valence-electron chi connectivity index (χ1n) is 3.45. The number of alkyl halides is 1. The maximum Gasteiger partial charge on any atom is 0.135 e. The molecule has 0 N–H and O–H groups in total. The average Bonchev–Trinajstić information content (AvgIpc) is 2.05. The van der Waals surface area contributed by atoms with E-state index in [0.717, 1.165) is 0 Å². The molecule has 0 saturated heterocycles. The van der Waals surface area contributed by atoms with E-state index >= 15 is 0 Å². The first-order valence-corrected chi connectivity index (χ1v) is 4.69. The Morgan fingerprint density at radius 1 is 1.42 bits per heavy atom. The fourth-order valence-corrected chi connectivity index (χ4v) is 1.31. The molecule has 12 heavy (non-hydrogen) atoms. The highest BCUT2D eigenvalue weighted by Crippen LogP contribution is 2.16. The van der Waals surface area contributed by atoms with Crippen LogP contribution in [0.4, 0.5) is 4.39 Å². The SMILES string of the molecule is O=S([O-])CC(F)c1ccccc1. The van der Waals surface area contributed by atoms with E-state index in [-0.39, 0.29) is 0 Å². The smallest absolute Gasteiger partial charge is 0.135 e. The molecule has 1 rings (SSSR count). The van der Waals surface area contributed by atoms with Crippen molar-refractivity contribution < 1.29 is 13.2 Å². The Bertz CT molecular complexity index is 263. The highest BCUT2D eigenvalue weighted by molar-refractivity contribution is 7.79. The molecule has 0 amide bonds. The second kappa shape index (κ2) is 4.33. The lowest BCUT2D eigenvalue weighted by Gasteiger charge is -2.09. The zero-order valence-electron chi connectivity index (χ0n) is 6.27. The molecule has 0 aliphatic heterocycles. The normalized spacial score (nSPS) is 15.5. The molecule has 0 aliphatic rings. The summed E-state index contributed by atoms with van der Waals surface area (Å²) in [5.74, 6) is -0.468. The summed E-state index contributed by atoms with van der Waals surface area (Å²) >= 11 is -2.32. The Morgan fingerprint density at radius 2 is 2.00 bits per heavy atom. The third-order valence-electron chi connectivity index (χ3n) is 1.44. The molecule has 4 heteroatoms. The third-order valence-corrected chi connectivity index (χ3v) is 2.01. The lowest BCUT2D eigenvalue weighted by molar-refractivity contribution is 0.371. The quantitative estimate of drug-likeness (QED) is 0.674. The Kier molecular flexibility index (Phi) is 3.37. The van der Waals surface area contributed by atoms with Crippen LogP contribution in [0.1, 0.15) is 11.7 Å². The molecule has 0 radical (unpaired) electrons. The van der Waals surface area contributed by atoms with Gasteiger partial charge in [-0.2, -0.15) is 0 Å². The summed E-state index contributed by atoms with van der Waals surface area (Å²) in [6.45, 7) is 0. The van der Waals surface area contributed by atoms with Gasteiger partial charge < -0.3 is 4.55 Å². The fourth-order valence-electron chi connectivity index (χ4n) is 0.878. The van der Waals surface area contributed by atoms with E-state index < -0.39 is 23.0 Å². The van der Waals surface area contributed by atoms with Crippen LogP contribution in [-0.2, 0) is 11.1 Å². The van der Waals surface area contributed by atoms with Gasteiger partial charge in [0.05, 0.1) is 0 Å². The summed E-state index contributed by atoms with van der Waals surface area (Å²) in [5, 5.41) is 0. The van der Waals surface area contributed by atoms with Crippen LogP contribution in [0.3, 0.4) is 0 Å². The van der Waals surface area contributed by atoms with Crippen molar-refractivity contribution in [1.29, 1.82) is 0 Å². The molecule has 0 aliphatic carbocycles. The summed E-state index contributed by atoms with van der Waals surface area (Å²) in [5.41, 5.74) is 0.404. The molecule has 2 atom stereocenters. The second-order valence-electron chi connectivity index (χ2n) is 2.35. The van der Waals surface area contributed by atoms with Gasteiger partial charge in [-0.05, 0) is 5.56 Å². The predicted molar refractivity (Wildman–Crippen MR) is 44.1 cm³/mol. The van der Waals surface area contributed by atoms with Crippen LogP contribution < -0.4 is 0 Å². The van der Waals surface area contributed by atoms with Gasteiger partial charge in [-0.25, -0.2) is 4.39 Å². The van der Waals surface area contributed by atoms with Gasteiger partial charge in [0.15, 0.2) is 0 Å². The van der Waals surface area contributed by atoms with E-state index in [2.05, 4.69) is 0 Å². The molecule has 1 aromatic carbocycles. The summed E-state index contributed by atoms with van der Waals surface area (Å²) in [6.07, 6.45) is -1.41. The number of halogens is 1. The minimum atomic E-state index is -2.32. The first kappa shape index (κ1) is 9.35. The van der Waals surface area contributed by atoms with Crippen LogP contribution in [0.2, 0.25) is 0 Å². The molecular formula is C8H8FO2S-. The van der Waals surface area contributed by atoms with Crippen molar-refractivity contribution in [3.63, 3.8) is 0 Å². The molecule has 1 aromatic rings. The van der Waals surface area contributed by atoms with E-state index in [1.807, 2.05) is 0 Å². The predicted octanol–water partition coefficient (Wildman–Crippen LogP) is 1.58. The van der Waals surface area contributed by atoms with Crippen molar-refractivity contribution in [2.75, 3.05) is 5.75 Å². The molecule has 0 bridgehead atoms. The van der Waals surface area contributed by atoms with Gasteiger partial charge in [0, 0.05) is 5.75 Å². The van der Waals surface area contributed by atoms with E-state index in [9.17, 15) is 13.2 Å². The van der Waals surface area contributed by atoms with Gasteiger partial charge in [0.2, 0.25) is 0 Å². The van der Waals surface area contributed by atoms with Crippen LogP contribution >= 0.6 is 0 Å². The van der Waals surface area contributed by atoms with Gasteiger partial charge in [0.25, 0.3) is 0 Å². The molecule has 0 aromatic heterocycles. The molecule has 66 valence electrons. The zero-order valence-corrected chi connectivity index (χ0v) is 7.09. The van der Waals surface area contributed by atoms with Crippen molar-refractivity contribution in [1.82, 2.24) is 0 Å². The first-order chi connectivity index (χ1) is 5.70. The summed E-state index contributed by atoms with van der Waals surface area (Å²) in [7, 11) is 0. The van der Waals surface area contributed by atoms with E-state index in [1.54, 1.807) is 30.3 Å². The van der Waals surface area contributed by atoms with Gasteiger partial charge in [-0.3, -0.25) is 4.21 Å². The summed E-state index contributed by atoms with van der Waals surface area (Å²) < 4.78 is 33.3. The van der Waals surface area contributed by atoms with Crippen LogP contribution in [0.5, 0.6) is 0 Å². The maximum atomic E-state index is 13.0. The number of hydrogen-bond acceptors (Lipinski definition) is 2. The molecule has 2 nitrogen and oxygen atoms in total. The van der Waals surface area contributed by atoms with Crippen LogP contribution in [0, 0.1) is 0 Å². The van der Waals surface area contributed by atoms with Crippen molar-refractivity contribution in [3.8, 4) is 0 Å². The molecule has 0 spiro atoms. The molecule has 2 unspecified atom stereocenters. The van der Waals surface area contributed by atoms with Crippen LogP contribution in [0.25, 0.3) is 0 Å². The number of rotatable bonds is 3. The lowest BCUT2D eigenvalue weighted by atomic mass is 10.1. The van der Waals surface area contributed by atoms with E-state index in [1.165, 1.54) is 0 Å². The number of hydrogen-bond donors (Lipinski definition) is 0. The maximum absolute atomic E-state index is 13.0. The zero-order chi connectivity index (χ0) is 8.97.